The van der Waals surface area contributed by atoms with E-state index < -0.39 is 0 Å². The van der Waals surface area contributed by atoms with E-state index >= 15 is 0 Å². The number of benzene rings is 3. The van der Waals surface area contributed by atoms with Gasteiger partial charge in [-0.25, -0.2) is 0 Å². The molecule has 0 unspecified atom stereocenters. The highest BCUT2D eigenvalue weighted by Gasteiger charge is 2.54. The second-order valence-electron chi connectivity index (χ2n) is 12.7. The lowest BCUT2D eigenvalue weighted by Gasteiger charge is -2.50. The second-order valence-corrected chi connectivity index (χ2v) is 13.7. The minimum atomic E-state index is -0.202. The van der Waals surface area contributed by atoms with Crippen LogP contribution in [0.15, 0.2) is 76.9 Å². The number of para-hydroxylation sites is 1. The molecule has 1 aliphatic heterocycles. The van der Waals surface area contributed by atoms with Crippen molar-refractivity contribution in [1.29, 1.82) is 0 Å². The molecule has 3 aromatic carbocycles. The van der Waals surface area contributed by atoms with Crippen molar-refractivity contribution in [2.75, 3.05) is 10.7 Å². The number of aryl methyl sites for hydroxylation is 1. The quantitative estimate of drug-likeness (QED) is 0.234. The van der Waals surface area contributed by atoms with Gasteiger partial charge in [-0.15, -0.1) is 5.10 Å². The Morgan fingerprint density at radius 2 is 1.81 bits per heavy atom. The summed E-state index contributed by atoms with van der Waals surface area (Å²) < 4.78 is 0. The number of nitrogens with zero attached hydrogens (tertiary/aromatic N) is 3. The number of aliphatic hydroxyl groups is 1. The summed E-state index contributed by atoms with van der Waals surface area (Å²) in [6, 6.07) is 20.4. The predicted molar refractivity (Wildman–Crippen MR) is 171 cm³/mol. The van der Waals surface area contributed by atoms with E-state index in [2.05, 4.69) is 23.2 Å². The van der Waals surface area contributed by atoms with Crippen LogP contribution in [0, 0.1) is 17.3 Å². The number of thioether (sulfide) groups is 1. The Morgan fingerprint density at radius 3 is 2.60 bits per heavy atom. The highest BCUT2D eigenvalue weighted by atomic mass is 32.2. The van der Waals surface area contributed by atoms with Gasteiger partial charge in [-0.1, -0.05) is 43.0 Å². The normalized spacial score (nSPS) is 29.4. The number of phenolic OH excluding ortho intramolecular Hbond substituents is 2. The Morgan fingerprint density at radius 1 is 1.02 bits per heavy atom. The lowest BCUT2D eigenvalue weighted by Crippen LogP contribution is -2.43. The molecule has 0 spiro atoms. The highest BCUT2D eigenvalue weighted by molar-refractivity contribution is 8.15. The van der Waals surface area contributed by atoms with Gasteiger partial charge in [0.15, 0.2) is 5.17 Å². The van der Waals surface area contributed by atoms with E-state index in [1.807, 2.05) is 36.4 Å². The van der Waals surface area contributed by atoms with E-state index in [1.54, 1.807) is 29.2 Å². The number of carbonyl (C=O) groups excluding carboxylic acids is 1. The third kappa shape index (κ3) is 5.04. The fraction of sp³-hybridized carbons (Fsp3) is 0.400. The monoisotopic (exact) mass is 595 g/mol. The summed E-state index contributed by atoms with van der Waals surface area (Å²) >= 11 is 1.35. The van der Waals surface area contributed by atoms with Crippen molar-refractivity contribution < 1.29 is 20.1 Å². The molecule has 0 bridgehead atoms. The second kappa shape index (κ2) is 11.1. The summed E-state index contributed by atoms with van der Waals surface area (Å²) in [5, 5.41) is 41.7. The molecule has 5 atom stereocenters. The van der Waals surface area contributed by atoms with E-state index in [9.17, 15) is 20.1 Å². The van der Waals surface area contributed by atoms with E-state index in [-0.39, 0.29) is 28.9 Å². The maximum absolute atomic E-state index is 12.7. The Hall–Kier alpha value is -3.62. The molecule has 3 aromatic rings. The zero-order valence-corrected chi connectivity index (χ0v) is 25.1. The number of carbonyl (C=O) groups is 1. The minimum absolute atomic E-state index is 0.0174. The molecule has 222 valence electrons. The molecular formula is C35H37N3O4S. The number of rotatable bonds is 5. The third-order valence-corrected chi connectivity index (χ3v) is 11.4. The average Bonchev–Trinajstić information content (AvgIpc) is 3.54. The first-order valence-corrected chi connectivity index (χ1v) is 16.3. The largest absolute Gasteiger partial charge is 0.508 e. The van der Waals surface area contributed by atoms with Crippen LogP contribution in [0.4, 0.5) is 5.69 Å². The molecule has 8 heteroatoms. The van der Waals surface area contributed by atoms with Crippen molar-refractivity contribution in [3.8, 4) is 11.5 Å². The number of hydrogen-bond acceptors (Lipinski definition) is 7. The number of phenols is 2. The maximum Gasteiger partial charge on any atom is 0.243 e. The van der Waals surface area contributed by atoms with Gasteiger partial charge in [0.05, 0.1) is 23.3 Å². The van der Waals surface area contributed by atoms with Crippen LogP contribution in [0.1, 0.15) is 67.2 Å². The van der Waals surface area contributed by atoms with Crippen LogP contribution in [0.25, 0.3) is 0 Å². The lowest BCUT2D eigenvalue weighted by molar-refractivity contribution is -0.115. The highest BCUT2D eigenvalue weighted by Crippen LogP contribution is 2.61. The fourth-order valence-electron chi connectivity index (χ4n) is 8.17. The summed E-state index contributed by atoms with van der Waals surface area (Å²) in [6.45, 7) is 2.29. The molecule has 7 nitrogen and oxygen atoms in total. The van der Waals surface area contributed by atoms with Gasteiger partial charge in [-0.3, -0.25) is 9.69 Å². The van der Waals surface area contributed by atoms with Crippen LogP contribution in [0.5, 0.6) is 11.5 Å². The lowest BCUT2D eigenvalue weighted by atomic mass is 9.55. The zero-order chi connectivity index (χ0) is 29.7. The van der Waals surface area contributed by atoms with Crippen molar-refractivity contribution in [2.24, 2.45) is 27.5 Å². The molecule has 3 N–H and O–H groups in total. The van der Waals surface area contributed by atoms with Crippen molar-refractivity contribution in [3.63, 3.8) is 0 Å². The Balaban J connectivity index is 1.23. The number of aromatic hydroxyl groups is 2. The minimum Gasteiger partial charge on any atom is -0.508 e. The summed E-state index contributed by atoms with van der Waals surface area (Å²) in [5.41, 5.74) is 5.54. The number of hydrogen-bond donors (Lipinski definition) is 3. The van der Waals surface area contributed by atoms with Gasteiger partial charge in [-0.05, 0) is 121 Å². The maximum atomic E-state index is 12.7. The van der Waals surface area contributed by atoms with Crippen molar-refractivity contribution in [3.05, 3.63) is 89.0 Å². The molecule has 1 saturated heterocycles. The number of aliphatic hydroxyl groups excluding tert-OH is 1. The van der Waals surface area contributed by atoms with Gasteiger partial charge in [0.2, 0.25) is 5.91 Å². The van der Waals surface area contributed by atoms with E-state index in [0.717, 1.165) is 55.3 Å². The first-order valence-electron chi connectivity index (χ1n) is 15.3. The van der Waals surface area contributed by atoms with E-state index in [0.29, 0.717) is 40.8 Å². The zero-order valence-electron chi connectivity index (χ0n) is 24.3. The molecule has 1 amide bonds. The molecule has 43 heavy (non-hydrogen) atoms. The van der Waals surface area contributed by atoms with Crippen molar-refractivity contribution in [2.45, 2.75) is 63.9 Å². The van der Waals surface area contributed by atoms with Crippen LogP contribution in [-0.4, -0.2) is 44.0 Å². The van der Waals surface area contributed by atoms with E-state index in [4.69, 9.17) is 0 Å². The number of fused-ring (bicyclic) bond motifs is 5. The van der Waals surface area contributed by atoms with Crippen molar-refractivity contribution in [1.82, 2.24) is 0 Å². The number of amidine groups is 1. The van der Waals surface area contributed by atoms with Crippen LogP contribution in [0.2, 0.25) is 0 Å². The van der Waals surface area contributed by atoms with Gasteiger partial charge in [-0.2, -0.15) is 5.10 Å². The molecule has 0 aromatic heterocycles. The van der Waals surface area contributed by atoms with Crippen LogP contribution in [-0.2, 0) is 17.6 Å². The smallest absolute Gasteiger partial charge is 0.243 e. The molecule has 0 radical (unpaired) electrons. The number of anilines is 1. The summed E-state index contributed by atoms with van der Waals surface area (Å²) in [6.07, 6.45) is 6.28. The van der Waals surface area contributed by atoms with Gasteiger partial charge >= 0.3 is 0 Å². The van der Waals surface area contributed by atoms with E-state index in [1.165, 1.54) is 22.9 Å². The van der Waals surface area contributed by atoms with Gasteiger partial charge in [0, 0.05) is 12.0 Å². The molecule has 2 saturated carbocycles. The van der Waals surface area contributed by atoms with Crippen LogP contribution >= 0.6 is 11.8 Å². The molecule has 7 rings (SSSR count). The molecule has 3 fully saturated rings. The van der Waals surface area contributed by atoms with Crippen LogP contribution < -0.4 is 4.90 Å². The van der Waals surface area contributed by atoms with Crippen molar-refractivity contribution >= 4 is 34.2 Å². The van der Waals surface area contributed by atoms with Crippen LogP contribution in [0.3, 0.4) is 0 Å². The average molecular weight is 596 g/mol. The number of amides is 1. The van der Waals surface area contributed by atoms with Gasteiger partial charge in [0.25, 0.3) is 0 Å². The first-order chi connectivity index (χ1) is 20.8. The summed E-state index contributed by atoms with van der Waals surface area (Å²) in [5.74, 6) is 2.19. The van der Waals surface area contributed by atoms with Gasteiger partial charge in [0.1, 0.15) is 11.5 Å². The molecular weight excluding hydrogens is 558 g/mol. The summed E-state index contributed by atoms with van der Waals surface area (Å²) in [4.78, 5) is 14.3. The topological polar surface area (TPSA) is 106 Å². The summed E-state index contributed by atoms with van der Waals surface area (Å²) in [7, 11) is 0. The Labute approximate surface area is 256 Å². The first kappa shape index (κ1) is 28.2. The fourth-order valence-corrected chi connectivity index (χ4v) is 8.99. The molecule has 4 aliphatic rings. The Bertz CT molecular complexity index is 1610. The molecule has 3 aliphatic carbocycles. The van der Waals surface area contributed by atoms with Gasteiger partial charge < -0.3 is 15.3 Å². The SMILES string of the molecule is C[C@]12CC[C@@H]3c4cc(C/C(=N/N=C5\SCC(=O)N5c5ccccc5)c5ccc(O)cc5)c(O)cc4CC[C@H]3[C@@H]1CC[C@@H]2O. The Kier molecular flexibility index (Phi) is 7.30. The third-order valence-electron chi connectivity index (χ3n) is 10.5. The molecule has 1 heterocycles. The predicted octanol–water partition coefficient (Wildman–Crippen LogP) is 6.40. The standard InChI is InChI=1S/C35H37N3O4S/c1-35-16-15-26-27(29(35)13-14-32(35)41)12-9-22-19-31(40)23(17-28(22)26)18-30(21-7-10-25(39)11-8-21)36-37-34-38(33(42)20-43-34)24-5-3-2-4-6-24/h2-8,10-11,17,19,26-27,29,32,39-41H,9,12-16,18,20H2,1H3/b36-30-,37-34-/t26-,27+,29-,32-,35-/m0/s1.